The molecule has 0 unspecified atom stereocenters. The number of likely N-dealkylation sites (tertiary alicyclic amines) is 1. The fourth-order valence-electron chi connectivity index (χ4n) is 2.70. The summed E-state index contributed by atoms with van der Waals surface area (Å²) in [6, 6.07) is 12.4. The third-order valence-electron chi connectivity index (χ3n) is 4.02. The van der Waals surface area contributed by atoms with Gasteiger partial charge in [0.05, 0.1) is 4.92 Å². The maximum atomic E-state index is 12.3. The van der Waals surface area contributed by atoms with Crippen LogP contribution in [0.4, 0.5) is 5.69 Å². The van der Waals surface area contributed by atoms with Crippen LogP contribution in [0.3, 0.4) is 0 Å². The van der Waals surface area contributed by atoms with Crippen molar-refractivity contribution in [1.82, 2.24) is 4.90 Å². The van der Waals surface area contributed by atoms with E-state index in [0.717, 1.165) is 25.9 Å². The Hall–Kier alpha value is -3.40. The Morgan fingerprint density at radius 1 is 1.16 bits per heavy atom. The zero-order chi connectivity index (χ0) is 17.8. The first-order valence-electron chi connectivity index (χ1n) is 7.84. The molecule has 1 fully saturated rings. The van der Waals surface area contributed by atoms with Gasteiger partial charge in [-0.2, -0.15) is 5.26 Å². The van der Waals surface area contributed by atoms with Gasteiger partial charge in [-0.15, -0.1) is 0 Å². The highest BCUT2D eigenvalue weighted by atomic mass is 16.6. The van der Waals surface area contributed by atoms with Gasteiger partial charge in [-0.1, -0.05) is 0 Å². The number of nitriles is 1. The Labute approximate surface area is 144 Å². The summed E-state index contributed by atoms with van der Waals surface area (Å²) < 4.78 is 5.63. The molecule has 0 spiro atoms. The molecule has 0 radical (unpaired) electrons. The number of nitro groups is 1. The number of amides is 1. The molecule has 2 aromatic carbocycles. The molecule has 7 heteroatoms. The first kappa shape index (κ1) is 16.5. The Morgan fingerprint density at radius 3 is 2.44 bits per heavy atom. The van der Waals surface area contributed by atoms with Gasteiger partial charge < -0.3 is 9.64 Å². The first-order chi connectivity index (χ1) is 12.1. The second kappa shape index (κ2) is 7.01. The number of carbonyl (C=O) groups excluding carboxylic acids is 1. The molecule has 1 saturated heterocycles. The number of non-ortho nitro benzene ring substituents is 1. The van der Waals surface area contributed by atoms with Crippen molar-refractivity contribution < 1.29 is 14.5 Å². The van der Waals surface area contributed by atoms with Gasteiger partial charge in [-0.05, 0) is 43.2 Å². The highest BCUT2D eigenvalue weighted by molar-refractivity contribution is 5.94. The smallest absolute Gasteiger partial charge is 0.271 e. The normalized spacial score (nSPS) is 13.3. The van der Waals surface area contributed by atoms with Crippen LogP contribution in [-0.2, 0) is 0 Å². The molecule has 3 rings (SSSR count). The molecular formula is C18H15N3O4. The summed E-state index contributed by atoms with van der Waals surface area (Å²) in [6.07, 6.45) is 2.06. The molecule has 0 aromatic heterocycles. The summed E-state index contributed by atoms with van der Waals surface area (Å²) in [5.41, 5.74) is 0.486. The molecule has 25 heavy (non-hydrogen) atoms. The van der Waals surface area contributed by atoms with Crippen molar-refractivity contribution in [1.29, 1.82) is 5.26 Å². The van der Waals surface area contributed by atoms with Crippen LogP contribution in [0.2, 0.25) is 0 Å². The lowest BCUT2D eigenvalue weighted by Gasteiger charge is -2.15. The summed E-state index contributed by atoms with van der Waals surface area (Å²) in [6.45, 7) is 1.57. The van der Waals surface area contributed by atoms with Crippen LogP contribution >= 0.6 is 0 Å². The van der Waals surface area contributed by atoms with E-state index in [-0.39, 0.29) is 22.9 Å². The quantitative estimate of drug-likeness (QED) is 0.628. The van der Waals surface area contributed by atoms with Gasteiger partial charge in [-0.3, -0.25) is 14.9 Å². The third kappa shape index (κ3) is 3.58. The second-order valence-electron chi connectivity index (χ2n) is 5.68. The van der Waals surface area contributed by atoms with E-state index >= 15 is 0 Å². The zero-order valence-electron chi connectivity index (χ0n) is 13.3. The van der Waals surface area contributed by atoms with E-state index in [9.17, 15) is 14.9 Å². The molecule has 1 aliphatic rings. The Balaban J connectivity index is 1.76. The number of rotatable bonds is 4. The summed E-state index contributed by atoms with van der Waals surface area (Å²) in [7, 11) is 0. The number of hydrogen-bond acceptors (Lipinski definition) is 5. The maximum absolute atomic E-state index is 12.3. The van der Waals surface area contributed by atoms with E-state index in [2.05, 4.69) is 0 Å². The van der Waals surface area contributed by atoms with Crippen LogP contribution in [0, 0.1) is 21.4 Å². The largest absolute Gasteiger partial charge is 0.456 e. The summed E-state index contributed by atoms with van der Waals surface area (Å²) >= 11 is 0. The summed E-state index contributed by atoms with van der Waals surface area (Å²) in [4.78, 5) is 24.3. The third-order valence-corrected chi connectivity index (χ3v) is 4.02. The molecule has 126 valence electrons. The average molecular weight is 337 g/mol. The Morgan fingerprint density at radius 2 is 1.84 bits per heavy atom. The van der Waals surface area contributed by atoms with Gasteiger partial charge in [0.2, 0.25) is 0 Å². The van der Waals surface area contributed by atoms with Crippen molar-refractivity contribution in [2.45, 2.75) is 12.8 Å². The van der Waals surface area contributed by atoms with Crippen LogP contribution in [0.5, 0.6) is 11.5 Å². The fraction of sp³-hybridized carbons (Fsp3) is 0.222. The van der Waals surface area contributed by atoms with Crippen LogP contribution < -0.4 is 4.74 Å². The van der Waals surface area contributed by atoms with Crippen LogP contribution in [0.25, 0.3) is 0 Å². The van der Waals surface area contributed by atoms with Gasteiger partial charge in [0.1, 0.15) is 23.1 Å². The molecule has 2 aromatic rings. The number of nitro benzene ring substituents is 1. The molecule has 1 amide bonds. The van der Waals surface area contributed by atoms with Crippen molar-refractivity contribution >= 4 is 11.6 Å². The lowest BCUT2D eigenvalue weighted by Crippen LogP contribution is -2.27. The first-order valence-corrected chi connectivity index (χ1v) is 7.84. The predicted molar refractivity (Wildman–Crippen MR) is 89.5 cm³/mol. The lowest BCUT2D eigenvalue weighted by atomic mass is 10.2. The highest BCUT2D eigenvalue weighted by Crippen LogP contribution is 2.28. The number of nitrogens with zero attached hydrogens (tertiary/aromatic N) is 3. The molecule has 0 bridgehead atoms. The predicted octanol–water partition coefficient (Wildman–Crippen LogP) is 3.49. The van der Waals surface area contributed by atoms with E-state index in [0.29, 0.717) is 11.3 Å². The van der Waals surface area contributed by atoms with Crippen molar-refractivity contribution in [3.8, 4) is 17.6 Å². The molecule has 7 nitrogen and oxygen atoms in total. The van der Waals surface area contributed by atoms with Gasteiger partial charge in [0, 0.05) is 30.8 Å². The summed E-state index contributed by atoms with van der Waals surface area (Å²) in [5.74, 6) is 0.673. The highest BCUT2D eigenvalue weighted by Gasteiger charge is 2.19. The minimum absolute atomic E-state index is 0.00269. The number of benzene rings is 2. The average Bonchev–Trinajstić information content (AvgIpc) is 3.16. The molecular weight excluding hydrogens is 322 g/mol. The van der Waals surface area contributed by atoms with E-state index in [1.54, 1.807) is 24.3 Å². The van der Waals surface area contributed by atoms with Crippen molar-refractivity contribution in [2.24, 2.45) is 0 Å². The van der Waals surface area contributed by atoms with E-state index < -0.39 is 4.92 Å². The van der Waals surface area contributed by atoms with Crippen molar-refractivity contribution in [2.75, 3.05) is 13.1 Å². The molecule has 1 heterocycles. The van der Waals surface area contributed by atoms with Crippen molar-refractivity contribution in [3.63, 3.8) is 0 Å². The molecule has 0 atom stereocenters. The Kier molecular flexibility index (Phi) is 4.61. The van der Waals surface area contributed by atoms with E-state index in [1.807, 2.05) is 11.0 Å². The minimum Gasteiger partial charge on any atom is -0.456 e. The van der Waals surface area contributed by atoms with Crippen LogP contribution in [0.15, 0.2) is 42.5 Å². The lowest BCUT2D eigenvalue weighted by molar-refractivity contribution is -0.384. The molecule has 0 N–H and O–H groups in total. The van der Waals surface area contributed by atoms with Gasteiger partial charge >= 0.3 is 0 Å². The molecule has 0 saturated carbocycles. The monoisotopic (exact) mass is 337 g/mol. The molecule has 0 aliphatic carbocycles. The maximum Gasteiger partial charge on any atom is 0.271 e. The minimum atomic E-state index is -0.566. The van der Waals surface area contributed by atoms with Crippen LogP contribution in [0.1, 0.15) is 28.8 Å². The summed E-state index contributed by atoms with van der Waals surface area (Å²) in [5, 5.41) is 19.9. The molecule has 1 aliphatic heterocycles. The second-order valence-corrected chi connectivity index (χ2v) is 5.68. The fourth-order valence-corrected chi connectivity index (χ4v) is 2.70. The topological polar surface area (TPSA) is 96.5 Å². The number of ether oxygens (including phenoxy) is 1. The van der Waals surface area contributed by atoms with E-state index in [4.69, 9.17) is 10.00 Å². The van der Waals surface area contributed by atoms with E-state index in [1.165, 1.54) is 18.2 Å². The van der Waals surface area contributed by atoms with Gasteiger partial charge in [-0.25, -0.2) is 0 Å². The van der Waals surface area contributed by atoms with Gasteiger partial charge in [0.15, 0.2) is 0 Å². The SMILES string of the molecule is N#Cc1cc([N+](=O)[O-])ccc1Oc1ccc(C(=O)N2CCCC2)cc1. The van der Waals surface area contributed by atoms with Crippen molar-refractivity contribution in [3.05, 3.63) is 63.7 Å². The number of hydrogen-bond donors (Lipinski definition) is 0. The van der Waals surface area contributed by atoms with Crippen LogP contribution in [-0.4, -0.2) is 28.8 Å². The zero-order valence-corrected chi connectivity index (χ0v) is 13.3. The van der Waals surface area contributed by atoms with Gasteiger partial charge in [0.25, 0.3) is 11.6 Å². The standard InChI is InChI=1S/C18H15N3O4/c19-12-14-11-15(21(23)24)5-8-17(14)25-16-6-3-13(4-7-16)18(22)20-9-1-2-10-20/h3-8,11H,1-2,9-10H2. The number of carbonyl (C=O) groups is 1. The Bertz CT molecular complexity index is 850.